The normalized spacial score (nSPS) is 10.8. The molecule has 0 aliphatic heterocycles. The van der Waals surface area contributed by atoms with E-state index in [0.717, 1.165) is 5.56 Å². The van der Waals surface area contributed by atoms with Crippen molar-refractivity contribution in [3.8, 4) is 0 Å². The van der Waals surface area contributed by atoms with Crippen LogP contribution in [0.2, 0.25) is 0 Å². The Labute approximate surface area is 136 Å². The van der Waals surface area contributed by atoms with Gasteiger partial charge in [-0.05, 0) is 25.0 Å². The number of fused-ring (bicyclic) bond motifs is 1. The van der Waals surface area contributed by atoms with E-state index in [2.05, 4.69) is 10.3 Å². The molecule has 0 fully saturated rings. The Bertz CT molecular complexity index is 978. The Kier molecular flexibility index (Phi) is 3.64. The summed E-state index contributed by atoms with van der Waals surface area (Å²) in [4.78, 5) is 26.0. The third-order valence-corrected chi connectivity index (χ3v) is 3.86. The molecule has 0 spiro atoms. The van der Waals surface area contributed by atoms with Crippen LogP contribution in [-0.4, -0.2) is 25.4 Å². The van der Waals surface area contributed by atoms with Gasteiger partial charge in [-0.25, -0.2) is 9.78 Å². The first kappa shape index (κ1) is 15.5. The van der Waals surface area contributed by atoms with Crippen LogP contribution in [0, 0.1) is 24.0 Å². The van der Waals surface area contributed by atoms with Crippen molar-refractivity contribution < 1.29 is 14.8 Å². The van der Waals surface area contributed by atoms with Gasteiger partial charge in [0.05, 0.1) is 16.0 Å². The van der Waals surface area contributed by atoms with Gasteiger partial charge in [0.2, 0.25) is 0 Å². The molecular formula is C16H14N4O4. The second kappa shape index (κ2) is 5.65. The van der Waals surface area contributed by atoms with Crippen LogP contribution in [0.25, 0.3) is 5.52 Å². The average molecular weight is 326 g/mol. The molecule has 0 aliphatic rings. The monoisotopic (exact) mass is 326 g/mol. The zero-order valence-electron chi connectivity index (χ0n) is 13.0. The highest BCUT2D eigenvalue weighted by molar-refractivity contribution is 5.94. The quantitative estimate of drug-likeness (QED) is 0.562. The summed E-state index contributed by atoms with van der Waals surface area (Å²) in [6, 6.07) is 4.50. The molecule has 0 atom stereocenters. The van der Waals surface area contributed by atoms with Gasteiger partial charge in [-0.15, -0.1) is 0 Å². The molecule has 0 saturated carbocycles. The number of hydrogen-bond donors (Lipinski definition) is 2. The molecule has 3 rings (SSSR count). The second-order valence-electron chi connectivity index (χ2n) is 5.39. The first-order valence-electron chi connectivity index (χ1n) is 7.10. The van der Waals surface area contributed by atoms with Crippen LogP contribution in [0.3, 0.4) is 0 Å². The lowest BCUT2D eigenvalue weighted by atomic mass is 10.1. The van der Waals surface area contributed by atoms with Gasteiger partial charge in [-0.3, -0.25) is 10.1 Å². The molecule has 24 heavy (non-hydrogen) atoms. The Hall–Kier alpha value is -3.42. The van der Waals surface area contributed by atoms with Gasteiger partial charge in [-0.2, -0.15) is 0 Å². The molecular weight excluding hydrogens is 312 g/mol. The summed E-state index contributed by atoms with van der Waals surface area (Å²) < 4.78 is 1.67. The lowest BCUT2D eigenvalue weighted by Crippen LogP contribution is -2.00. The fourth-order valence-electron chi connectivity index (χ4n) is 2.57. The number of carboxylic acid groups (broad SMARTS) is 1. The Balaban J connectivity index is 2.13. The Morgan fingerprint density at radius 3 is 2.79 bits per heavy atom. The van der Waals surface area contributed by atoms with Gasteiger partial charge >= 0.3 is 5.97 Å². The zero-order valence-corrected chi connectivity index (χ0v) is 13.0. The van der Waals surface area contributed by atoms with Gasteiger partial charge in [-0.1, -0.05) is 6.07 Å². The number of carbonyl (C=O) groups is 1. The molecule has 0 amide bonds. The summed E-state index contributed by atoms with van der Waals surface area (Å²) in [5, 5.41) is 23.3. The summed E-state index contributed by atoms with van der Waals surface area (Å²) in [5.74, 6) is -0.584. The number of rotatable bonds is 4. The molecule has 0 radical (unpaired) electrons. The van der Waals surface area contributed by atoms with Crippen LogP contribution in [0.4, 0.5) is 17.2 Å². The number of anilines is 2. The van der Waals surface area contributed by atoms with Crippen molar-refractivity contribution in [2.45, 2.75) is 13.8 Å². The second-order valence-corrected chi connectivity index (χ2v) is 5.39. The van der Waals surface area contributed by atoms with Crippen molar-refractivity contribution in [2.24, 2.45) is 0 Å². The first-order valence-corrected chi connectivity index (χ1v) is 7.10. The lowest BCUT2D eigenvalue weighted by Gasteiger charge is -2.10. The Morgan fingerprint density at radius 2 is 2.12 bits per heavy atom. The number of aromatic carboxylic acids is 1. The SMILES string of the molecule is Cc1ccc([N+](=O)[O-])cc1Nc1nccn2cc(C(=O)O)c(C)c12. The third-order valence-electron chi connectivity index (χ3n) is 3.86. The number of non-ortho nitro benzene ring substituents is 1. The maximum absolute atomic E-state index is 11.3. The summed E-state index contributed by atoms with van der Waals surface area (Å²) in [6.45, 7) is 3.52. The molecule has 2 heterocycles. The summed E-state index contributed by atoms with van der Waals surface area (Å²) in [5.41, 5.74) is 2.69. The molecule has 8 nitrogen and oxygen atoms in total. The van der Waals surface area contributed by atoms with E-state index in [4.69, 9.17) is 0 Å². The largest absolute Gasteiger partial charge is 0.478 e. The minimum atomic E-state index is -1.02. The highest BCUT2D eigenvalue weighted by Crippen LogP contribution is 2.29. The number of nitro benzene ring substituents is 1. The van der Waals surface area contributed by atoms with E-state index in [1.807, 2.05) is 6.92 Å². The van der Waals surface area contributed by atoms with E-state index in [1.165, 1.54) is 24.5 Å². The van der Waals surface area contributed by atoms with Crippen molar-refractivity contribution in [1.29, 1.82) is 0 Å². The van der Waals surface area contributed by atoms with Crippen LogP contribution in [0.5, 0.6) is 0 Å². The number of nitrogens with zero attached hydrogens (tertiary/aromatic N) is 3. The van der Waals surface area contributed by atoms with Crippen LogP contribution in [0.15, 0.2) is 36.8 Å². The van der Waals surface area contributed by atoms with Crippen LogP contribution in [0.1, 0.15) is 21.5 Å². The predicted octanol–water partition coefficient (Wildman–Crippen LogP) is 3.30. The van der Waals surface area contributed by atoms with Gasteiger partial charge in [0.25, 0.3) is 5.69 Å². The number of nitrogens with one attached hydrogen (secondary N) is 1. The molecule has 8 heteroatoms. The van der Waals surface area contributed by atoms with E-state index in [-0.39, 0.29) is 11.3 Å². The lowest BCUT2D eigenvalue weighted by molar-refractivity contribution is -0.384. The molecule has 0 bridgehead atoms. The standard InChI is InChI=1S/C16H14N4O4/c1-9-3-4-11(20(23)24)7-13(9)18-15-14-10(2)12(16(21)22)8-19(14)6-5-17-15/h3-8H,1-2H3,(H,17,18)(H,21,22). The van der Waals surface area contributed by atoms with Gasteiger partial charge in [0.15, 0.2) is 5.82 Å². The van der Waals surface area contributed by atoms with Crippen molar-refractivity contribution in [2.75, 3.05) is 5.32 Å². The molecule has 0 unspecified atom stereocenters. The molecule has 0 saturated heterocycles. The maximum atomic E-state index is 11.3. The number of nitro groups is 1. The minimum Gasteiger partial charge on any atom is -0.478 e. The maximum Gasteiger partial charge on any atom is 0.337 e. The van der Waals surface area contributed by atoms with Crippen LogP contribution < -0.4 is 5.32 Å². The van der Waals surface area contributed by atoms with E-state index in [1.54, 1.807) is 23.6 Å². The average Bonchev–Trinajstić information content (AvgIpc) is 2.87. The fourth-order valence-corrected chi connectivity index (χ4v) is 2.57. The van der Waals surface area contributed by atoms with Gasteiger partial charge < -0.3 is 14.8 Å². The molecule has 2 N–H and O–H groups in total. The zero-order chi connectivity index (χ0) is 17.4. The number of aryl methyl sites for hydroxylation is 2. The number of benzene rings is 1. The smallest absolute Gasteiger partial charge is 0.337 e. The fraction of sp³-hybridized carbons (Fsp3) is 0.125. The first-order chi connectivity index (χ1) is 11.4. The summed E-state index contributed by atoms with van der Waals surface area (Å²) in [6.07, 6.45) is 4.70. The number of aromatic nitrogens is 2. The van der Waals surface area contributed by atoms with Crippen molar-refractivity contribution in [3.63, 3.8) is 0 Å². The summed E-state index contributed by atoms with van der Waals surface area (Å²) >= 11 is 0. The molecule has 122 valence electrons. The summed E-state index contributed by atoms with van der Waals surface area (Å²) in [7, 11) is 0. The number of hydrogen-bond acceptors (Lipinski definition) is 5. The molecule has 2 aromatic heterocycles. The third kappa shape index (κ3) is 2.54. The van der Waals surface area contributed by atoms with Crippen LogP contribution in [-0.2, 0) is 0 Å². The topological polar surface area (TPSA) is 110 Å². The van der Waals surface area contributed by atoms with Gasteiger partial charge in [0, 0.05) is 36.4 Å². The van der Waals surface area contributed by atoms with E-state index in [9.17, 15) is 20.0 Å². The highest BCUT2D eigenvalue weighted by atomic mass is 16.6. The van der Waals surface area contributed by atoms with E-state index < -0.39 is 10.9 Å². The van der Waals surface area contributed by atoms with E-state index >= 15 is 0 Å². The highest BCUT2D eigenvalue weighted by Gasteiger charge is 2.17. The van der Waals surface area contributed by atoms with Crippen molar-refractivity contribution in [1.82, 2.24) is 9.38 Å². The predicted molar refractivity (Wildman–Crippen MR) is 88.0 cm³/mol. The molecule has 0 aliphatic carbocycles. The number of carboxylic acids is 1. The van der Waals surface area contributed by atoms with Crippen molar-refractivity contribution in [3.05, 3.63) is 63.6 Å². The van der Waals surface area contributed by atoms with Gasteiger partial charge in [0.1, 0.15) is 0 Å². The molecule has 1 aromatic carbocycles. The van der Waals surface area contributed by atoms with Crippen LogP contribution >= 0.6 is 0 Å². The minimum absolute atomic E-state index is 0.0339. The van der Waals surface area contributed by atoms with Crippen molar-refractivity contribution >= 4 is 28.7 Å². The Morgan fingerprint density at radius 1 is 1.38 bits per heavy atom. The molecule has 3 aromatic rings. The van der Waals surface area contributed by atoms with E-state index in [0.29, 0.717) is 22.6 Å².